The van der Waals surface area contributed by atoms with E-state index >= 15 is 0 Å². The van der Waals surface area contributed by atoms with E-state index in [2.05, 4.69) is 5.32 Å². The van der Waals surface area contributed by atoms with Crippen molar-refractivity contribution in [2.45, 2.75) is 25.2 Å². The molecule has 180 valence electrons. The van der Waals surface area contributed by atoms with Crippen LogP contribution in [0.2, 0.25) is 5.02 Å². The Morgan fingerprint density at radius 2 is 1.68 bits per heavy atom. The Bertz CT molecular complexity index is 1280. The van der Waals surface area contributed by atoms with E-state index in [4.69, 9.17) is 21.1 Å². The van der Waals surface area contributed by atoms with Gasteiger partial charge in [-0.25, -0.2) is 8.42 Å². The van der Waals surface area contributed by atoms with Crippen LogP contribution in [0.25, 0.3) is 0 Å². The van der Waals surface area contributed by atoms with Gasteiger partial charge in [0.05, 0.1) is 24.8 Å². The fraction of sp³-hybridized carbons (Fsp3) is 0.240. The number of hydrogen-bond acceptors (Lipinski definition) is 5. The Morgan fingerprint density at radius 1 is 1.00 bits per heavy atom. The van der Waals surface area contributed by atoms with Gasteiger partial charge in [0.2, 0.25) is 5.91 Å². The van der Waals surface area contributed by atoms with E-state index in [1.807, 2.05) is 32.0 Å². The third kappa shape index (κ3) is 5.46. The lowest BCUT2D eigenvalue weighted by atomic mass is 10.1. The van der Waals surface area contributed by atoms with Gasteiger partial charge in [0.15, 0.2) is 11.5 Å². The SMILES string of the molecule is CCc1cccc(C)c1NC(=O)CN(c1ccc(Cl)cc1)S(=O)(=O)c1ccc(OC)c(OC)c1. The molecule has 0 spiro atoms. The first-order chi connectivity index (χ1) is 16.2. The first-order valence-electron chi connectivity index (χ1n) is 10.6. The highest BCUT2D eigenvalue weighted by Crippen LogP contribution is 2.32. The third-order valence-electron chi connectivity index (χ3n) is 5.35. The van der Waals surface area contributed by atoms with Crippen LogP contribution in [-0.2, 0) is 21.2 Å². The first-order valence-corrected chi connectivity index (χ1v) is 12.4. The van der Waals surface area contributed by atoms with E-state index < -0.39 is 22.5 Å². The maximum Gasteiger partial charge on any atom is 0.264 e. The molecule has 0 saturated carbocycles. The summed E-state index contributed by atoms with van der Waals surface area (Å²) in [6, 6.07) is 16.3. The largest absolute Gasteiger partial charge is 0.493 e. The summed E-state index contributed by atoms with van der Waals surface area (Å²) in [4.78, 5) is 13.1. The van der Waals surface area contributed by atoms with Crippen molar-refractivity contribution in [3.63, 3.8) is 0 Å². The second-order valence-electron chi connectivity index (χ2n) is 7.52. The summed E-state index contributed by atoms with van der Waals surface area (Å²) >= 11 is 6.01. The predicted molar refractivity (Wildman–Crippen MR) is 135 cm³/mol. The van der Waals surface area contributed by atoms with Gasteiger partial charge in [0.1, 0.15) is 6.54 Å². The second kappa shape index (κ2) is 10.8. The van der Waals surface area contributed by atoms with Crippen molar-refractivity contribution in [3.8, 4) is 11.5 Å². The molecule has 0 heterocycles. The molecule has 3 aromatic carbocycles. The maximum atomic E-state index is 13.7. The summed E-state index contributed by atoms with van der Waals surface area (Å²) in [7, 11) is -1.26. The van der Waals surface area contributed by atoms with Gasteiger partial charge in [0, 0.05) is 16.8 Å². The molecule has 0 unspecified atom stereocenters. The van der Waals surface area contributed by atoms with Gasteiger partial charge in [-0.15, -0.1) is 0 Å². The van der Waals surface area contributed by atoms with Crippen molar-refractivity contribution >= 4 is 38.9 Å². The maximum absolute atomic E-state index is 13.7. The number of aryl methyl sites for hydroxylation is 2. The number of methoxy groups -OCH3 is 2. The molecule has 0 atom stereocenters. The standard InChI is InChI=1S/C25H27ClN2O5S/c1-5-18-8-6-7-17(2)25(18)27-24(29)16-28(20-11-9-19(26)10-12-20)34(30,31)21-13-14-22(32-3)23(15-21)33-4/h6-15H,5,16H2,1-4H3,(H,27,29). The highest BCUT2D eigenvalue weighted by atomic mass is 35.5. The number of benzene rings is 3. The molecule has 3 aromatic rings. The molecule has 1 N–H and O–H groups in total. The Balaban J connectivity index is 2.01. The Hall–Kier alpha value is -3.23. The number of ether oxygens (including phenoxy) is 2. The number of para-hydroxylation sites is 1. The summed E-state index contributed by atoms with van der Waals surface area (Å²) in [5.41, 5.74) is 2.85. The van der Waals surface area contributed by atoms with Gasteiger partial charge in [-0.1, -0.05) is 36.7 Å². The van der Waals surface area contributed by atoms with Crippen molar-refractivity contribution < 1.29 is 22.7 Å². The number of hydrogen-bond donors (Lipinski definition) is 1. The molecule has 0 bridgehead atoms. The highest BCUT2D eigenvalue weighted by Gasteiger charge is 2.28. The van der Waals surface area contributed by atoms with Crippen molar-refractivity contribution in [1.29, 1.82) is 0 Å². The van der Waals surface area contributed by atoms with Gasteiger partial charge in [-0.05, 0) is 60.9 Å². The number of amides is 1. The topological polar surface area (TPSA) is 84.9 Å². The molecule has 9 heteroatoms. The molecule has 0 aliphatic carbocycles. The smallest absolute Gasteiger partial charge is 0.264 e. The monoisotopic (exact) mass is 502 g/mol. The van der Waals surface area contributed by atoms with E-state index in [1.54, 1.807) is 24.3 Å². The van der Waals surface area contributed by atoms with Crippen molar-refractivity contribution in [1.82, 2.24) is 0 Å². The number of nitrogens with one attached hydrogen (secondary N) is 1. The Labute approximate surface area is 205 Å². The number of nitrogens with zero attached hydrogens (tertiary/aromatic N) is 1. The Morgan fingerprint density at radius 3 is 2.29 bits per heavy atom. The number of halogens is 1. The lowest BCUT2D eigenvalue weighted by Gasteiger charge is -2.25. The number of carbonyl (C=O) groups is 1. The van der Waals surface area contributed by atoms with E-state index in [1.165, 1.54) is 32.4 Å². The zero-order chi connectivity index (χ0) is 24.9. The van der Waals surface area contributed by atoms with Crippen molar-refractivity contribution in [3.05, 3.63) is 76.8 Å². The van der Waals surface area contributed by atoms with Crippen LogP contribution in [0.5, 0.6) is 11.5 Å². The van der Waals surface area contributed by atoms with Crippen LogP contribution >= 0.6 is 11.6 Å². The minimum atomic E-state index is -4.14. The number of carbonyl (C=O) groups excluding carboxylic acids is 1. The molecule has 0 radical (unpaired) electrons. The molecule has 0 aliphatic heterocycles. The van der Waals surface area contributed by atoms with Crippen molar-refractivity contribution in [2.24, 2.45) is 0 Å². The van der Waals surface area contributed by atoms with E-state index in [0.717, 1.165) is 21.9 Å². The number of sulfonamides is 1. The van der Waals surface area contributed by atoms with Crippen LogP contribution < -0.4 is 19.1 Å². The van der Waals surface area contributed by atoms with Gasteiger partial charge in [-0.2, -0.15) is 0 Å². The van der Waals surface area contributed by atoms with Gasteiger partial charge < -0.3 is 14.8 Å². The summed E-state index contributed by atoms with van der Waals surface area (Å²) in [6.45, 7) is 3.45. The molecule has 0 aromatic heterocycles. The van der Waals surface area contributed by atoms with Crippen LogP contribution in [0.15, 0.2) is 65.6 Å². The minimum absolute atomic E-state index is 0.0435. The fourth-order valence-corrected chi connectivity index (χ4v) is 5.10. The summed E-state index contributed by atoms with van der Waals surface area (Å²) in [5.74, 6) is 0.184. The highest BCUT2D eigenvalue weighted by molar-refractivity contribution is 7.92. The second-order valence-corrected chi connectivity index (χ2v) is 9.81. The lowest BCUT2D eigenvalue weighted by Crippen LogP contribution is -2.38. The molecule has 7 nitrogen and oxygen atoms in total. The zero-order valence-corrected chi connectivity index (χ0v) is 21.0. The van der Waals surface area contributed by atoms with E-state index in [0.29, 0.717) is 22.1 Å². The fourth-order valence-electron chi connectivity index (χ4n) is 3.54. The third-order valence-corrected chi connectivity index (χ3v) is 7.37. The normalized spacial score (nSPS) is 11.1. The number of anilines is 2. The quantitative estimate of drug-likeness (QED) is 0.442. The number of rotatable bonds is 9. The molecular weight excluding hydrogens is 476 g/mol. The Kier molecular flexibility index (Phi) is 8.06. The van der Waals surface area contributed by atoms with Gasteiger partial charge >= 0.3 is 0 Å². The summed E-state index contributed by atoms with van der Waals surface area (Å²) in [6.07, 6.45) is 0.724. The van der Waals surface area contributed by atoms with Crippen molar-refractivity contribution in [2.75, 3.05) is 30.4 Å². The molecule has 0 fully saturated rings. The zero-order valence-electron chi connectivity index (χ0n) is 19.5. The minimum Gasteiger partial charge on any atom is -0.493 e. The van der Waals surface area contributed by atoms with Gasteiger partial charge in [-0.3, -0.25) is 9.10 Å². The molecule has 34 heavy (non-hydrogen) atoms. The summed E-state index contributed by atoms with van der Waals surface area (Å²) in [5, 5.41) is 3.34. The molecular formula is C25H27ClN2O5S. The molecule has 0 saturated heterocycles. The van der Waals surface area contributed by atoms with Crippen LogP contribution in [0.3, 0.4) is 0 Å². The summed E-state index contributed by atoms with van der Waals surface area (Å²) < 4.78 is 38.9. The van der Waals surface area contributed by atoms with E-state index in [-0.39, 0.29) is 10.6 Å². The average molecular weight is 503 g/mol. The van der Waals surface area contributed by atoms with Gasteiger partial charge in [0.25, 0.3) is 10.0 Å². The average Bonchev–Trinajstić information content (AvgIpc) is 2.83. The first kappa shape index (κ1) is 25.4. The molecule has 3 rings (SSSR count). The van der Waals surface area contributed by atoms with Crippen LogP contribution in [-0.4, -0.2) is 35.1 Å². The van der Waals surface area contributed by atoms with Crippen LogP contribution in [0, 0.1) is 6.92 Å². The van der Waals surface area contributed by atoms with E-state index in [9.17, 15) is 13.2 Å². The predicted octanol–water partition coefficient (Wildman–Crippen LogP) is 5.06. The lowest BCUT2D eigenvalue weighted by molar-refractivity contribution is -0.114. The van der Waals surface area contributed by atoms with Crippen LogP contribution in [0.4, 0.5) is 11.4 Å². The van der Waals surface area contributed by atoms with Crippen LogP contribution in [0.1, 0.15) is 18.1 Å². The molecule has 1 amide bonds. The molecule has 0 aliphatic rings.